The van der Waals surface area contributed by atoms with Crippen molar-refractivity contribution >= 4 is 11.9 Å². The largest absolute Gasteiger partial charge is 0.478 e. The number of carboxylic acid groups (broad SMARTS) is 1. The van der Waals surface area contributed by atoms with Crippen molar-refractivity contribution in [1.82, 2.24) is 0 Å². The Morgan fingerprint density at radius 3 is 2.30 bits per heavy atom. The summed E-state index contributed by atoms with van der Waals surface area (Å²) in [4.78, 5) is 22.8. The van der Waals surface area contributed by atoms with E-state index in [1.807, 2.05) is 0 Å². The summed E-state index contributed by atoms with van der Waals surface area (Å²) in [5.74, 6) is -1.45. The van der Waals surface area contributed by atoms with Crippen LogP contribution >= 0.6 is 0 Å². The molecule has 1 saturated carbocycles. The number of ether oxygens (including phenoxy) is 4. The minimum absolute atomic E-state index is 0.00928. The lowest BCUT2D eigenvalue weighted by Crippen LogP contribution is -2.55. The molecule has 2 saturated heterocycles. The van der Waals surface area contributed by atoms with Crippen LogP contribution in [0.4, 0.5) is 0 Å². The number of aliphatic carboxylic acids is 1. The molecule has 7 nitrogen and oxygen atoms in total. The summed E-state index contributed by atoms with van der Waals surface area (Å²) in [6, 6.07) is 0. The van der Waals surface area contributed by atoms with Crippen LogP contribution in [0.2, 0.25) is 0 Å². The van der Waals surface area contributed by atoms with Gasteiger partial charge in [-0.3, -0.25) is 0 Å². The van der Waals surface area contributed by atoms with Gasteiger partial charge < -0.3 is 24.1 Å². The van der Waals surface area contributed by atoms with Crippen LogP contribution in [0.15, 0.2) is 60.3 Å². The van der Waals surface area contributed by atoms with E-state index in [0.29, 0.717) is 13.0 Å². The first kappa shape index (κ1) is 25.1. The number of methoxy groups -OCH3 is 1. The number of carbonyl (C=O) groups excluding carboxylic acids is 1. The van der Waals surface area contributed by atoms with Gasteiger partial charge in [0, 0.05) is 19.3 Å². The van der Waals surface area contributed by atoms with Crippen LogP contribution in [0.5, 0.6) is 0 Å². The van der Waals surface area contributed by atoms with E-state index in [-0.39, 0.29) is 35.4 Å². The van der Waals surface area contributed by atoms with Crippen molar-refractivity contribution in [1.29, 1.82) is 0 Å². The molecule has 0 aromatic carbocycles. The van der Waals surface area contributed by atoms with Gasteiger partial charge in [-0.25, -0.2) is 9.59 Å². The van der Waals surface area contributed by atoms with Crippen molar-refractivity contribution < 1.29 is 33.6 Å². The molecule has 1 N–H and O–H groups in total. The van der Waals surface area contributed by atoms with E-state index in [2.05, 4.69) is 26.8 Å². The molecule has 0 aromatic rings. The number of hydrogen-bond acceptors (Lipinski definition) is 6. The highest BCUT2D eigenvalue weighted by Crippen LogP contribution is 2.59. The van der Waals surface area contributed by atoms with E-state index >= 15 is 0 Å². The number of epoxide rings is 2. The average molecular weight is 459 g/mol. The fraction of sp³-hybridized carbons (Fsp3) is 0.538. The van der Waals surface area contributed by atoms with Gasteiger partial charge in [-0.2, -0.15) is 0 Å². The van der Waals surface area contributed by atoms with Gasteiger partial charge >= 0.3 is 11.9 Å². The zero-order valence-corrected chi connectivity index (χ0v) is 19.7. The van der Waals surface area contributed by atoms with Crippen molar-refractivity contribution in [2.75, 3.05) is 13.7 Å². The van der Waals surface area contributed by atoms with Gasteiger partial charge in [0.2, 0.25) is 0 Å². The Morgan fingerprint density at radius 2 is 1.73 bits per heavy atom. The number of carboxylic acids is 1. The van der Waals surface area contributed by atoms with Crippen molar-refractivity contribution in [2.45, 2.75) is 69.5 Å². The molecule has 1 spiro atoms. The molecule has 2 heterocycles. The number of esters is 1. The molecule has 3 fully saturated rings. The molecule has 33 heavy (non-hydrogen) atoms. The van der Waals surface area contributed by atoms with Crippen molar-refractivity contribution in [3.63, 3.8) is 0 Å². The second kappa shape index (κ2) is 10.6. The molecular weight excluding hydrogens is 424 g/mol. The number of hydrogen-bond donors (Lipinski definition) is 1. The Balaban J connectivity index is 1.59. The van der Waals surface area contributed by atoms with Crippen LogP contribution in [0.3, 0.4) is 0 Å². The highest BCUT2D eigenvalue weighted by molar-refractivity contribution is 5.82. The summed E-state index contributed by atoms with van der Waals surface area (Å²) in [6.07, 6.45) is 16.0. The van der Waals surface area contributed by atoms with Crippen LogP contribution in [0, 0.1) is 5.92 Å². The topological polar surface area (TPSA) is 97.9 Å². The standard InChI is InChI=1S/C26H34O7/c1-18(2)13-14-20-25(3,33-20)24-23(30-4)19(15-16-26(24)17-31-26)32-22(29)12-10-8-6-5-7-9-11-21(27)28/h5-13,19-20,23-24H,14-17H2,1-4H3,(H,27,28)/b7-5-,8-6-,11-9-,12-10+/t19-,20+,23-,24+,25+,26-/m1/s1. The Hall–Kier alpha value is -2.48. The maximum absolute atomic E-state index is 12.4. The van der Waals surface area contributed by atoms with Gasteiger partial charge in [0.15, 0.2) is 0 Å². The molecule has 0 bridgehead atoms. The first-order valence-electron chi connectivity index (χ1n) is 11.3. The molecule has 0 radical (unpaired) electrons. The van der Waals surface area contributed by atoms with Crippen LogP contribution in [-0.2, 0) is 28.5 Å². The maximum atomic E-state index is 12.4. The quantitative estimate of drug-likeness (QED) is 0.174. The lowest BCUT2D eigenvalue weighted by molar-refractivity contribution is -0.166. The summed E-state index contributed by atoms with van der Waals surface area (Å²) in [5.41, 5.74) is 0.642. The Bertz CT molecular complexity index is 873. The number of allylic oxidation sites excluding steroid dienone is 7. The van der Waals surface area contributed by atoms with E-state index in [0.717, 1.165) is 18.9 Å². The SMILES string of the molecule is CO[C@H]1[C@@H]([C@@]2(C)O[C@H]2CC=C(C)C)[C@@]2(CC[C@H]1OC(=O)/C=C/C=C\C=C/C=C\C(=O)O)CO2. The number of rotatable bonds is 10. The summed E-state index contributed by atoms with van der Waals surface area (Å²) in [6.45, 7) is 6.96. The first-order valence-corrected chi connectivity index (χ1v) is 11.3. The van der Waals surface area contributed by atoms with E-state index in [1.165, 1.54) is 17.7 Å². The monoisotopic (exact) mass is 458 g/mol. The minimum Gasteiger partial charge on any atom is -0.478 e. The molecule has 3 rings (SSSR count). The Morgan fingerprint density at radius 1 is 1.09 bits per heavy atom. The normalized spacial score (nSPS) is 35.6. The fourth-order valence-corrected chi connectivity index (χ4v) is 4.79. The summed E-state index contributed by atoms with van der Waals surface area (Å²) < 4.78 is 23.8. The van der Waals surface area contributed by atoms with Gasteiger partial charge in [-0.15, -0.1) is 0 Å². The van der Waals surface area contributed by atoms with Crippen LogP contribution < -0.4 is 0 Å². The highest BCUT2D eigenvalue weighted by Gasteiger charge is 2.72. The van der Waals surface area contributed by atoms with Gasteiger partial charge in [-0.05, 0) is 40.0 Å². The second-order valence-electron chi connectivity index (χ2n) is 9.18. The van der Waals surface area contributed by atoms with E-state index in [9.17, 15) is 9.59 Å². The zero-order valence-electron chi connectivity index (χ0n) is 19.7. The van der Waals surface area contributed by atoms with Crippen LogP contribution in [-0.4, -0.2) is 60.3 Å². The first-order chi connectivity index (χ1) is 15.7. The van der Waals surface area contributed by atoms with E-state index < -0.39 is 11.9 Å². The summed E-state index contributed by atoms with van der Waals surface area (Å²) >= 11 is 0. The lowest BCUT2D eigenvalue weighted by Gasteiger charge is -2.42. The fourth-order valence-electron chi connectivity index (χ4n) is 4.79. The third kappa shape index (κ3) is 6.31. The molecule has 7 heteroatoms. The molecule has 0 aromatic heterocycles. The van der Waals surface area contributed by atoms with Crippen molar-refractivity contribution in [3.05, 3.63) is 60.3 Å². The van der Waals surface area contributed by atoms with Crippen LogP contribution in [0.25, 0.3) is 0 Å². The lowest BCUT2D eigenvalue weighted by atomic mass is 9.68. The molecule has 0 unspecified atom stereocenters. The molecule has 180 valence electrons. The summed E-state index contributed by atoms with van der Waals surface area (Å²) in [5, 5.41) is 8.51. The van der Waals surface area contributed by atoms with Crippen molar-refractivity contribution in [3.8, 4) is 0 Å². The van der Waals surface area contributed by atoms with Gasteiger partial charge in [0.05, 0.1) is 18.6 Å². The van der Waals surface area contributed by atoms with Crippen LogP contribution in [0.1, 0.15) is 40.0 Å². The third-order valence-electron chi connectivity index (χ3n) is 6.53. The molecule has 6 atom stereocenters. The minimum atomic E-state index is -1.00. The zero-order chi connectivity index (χ0) is 24.1. The molecular formula is C26H34O7. The summed E-state index contributed by atoms with van der Waals surface area (Å²) in [7, 11) is 1.65. The maximum Gasteiger partial charge on any atom is 0.331 e. The third-order valence-corrected chi connectivity index (χ3v) is 6.53. The predicted molar refractivity (Wildman–Crippen MR) is 124 cm³/mol. The van der Waals surface area contributed by atoms with Crippen molar-refractivity contribution in [2.24, 2.45) is 5.92 Å². The molecule has 2 aliphatic heterocycles. The predicted octanol–water partition coefficient (Wildman–Crippen LogP) is 3.92. The average Bonchev–Trinajstić information content (AvgIpc) is 3.67. The Kier molecular flexibility index (Phi) is 8.10. The highest BCUT2D eigenvalue weighted by atomic mass is 16.6. The van der Waals surface area contributed by atoms with Gasteiger partial charge in [0.25, 0.3) is 0 Å². The number of carbonyl (C=O) groups is 2. The van der Waals surface area contributed by atoms with Gasteiger partial charge in [-0.1, -0.05) is 48.1 Å². The Labute approximate surface area is 195 Å². The smallest absolute Gasteiger partial charge is 0.331 e. The van der Waals surface area contributed by atoms with Gasteiger partial charge in [0.1, 0.15) is 23.4 Å². The molecule has 1 aliphatic carbocycles. The molecule has 3 aliphatic rings. The van der Waals surface area contributed by atoms with E-state index in [1.54, 1.807) is 37.5 Å². The second-order valence-corrected chi connectivity index (χ2v) is 9.18. The van der Waals surface area contributed by atoms with E-state index in [4.69, 9.17) is 24.1 Å². The molecule has 0 amide bonds.